The van der Waals surface area contributed by atoms with E-state index in [1.165, 1.54) is 25.7 Å². The Kier molecular flexibility index (Phi) is 1.86. The van der Waals surface area contributed by atoms with E-state index in [0.29, 0.717) is 21.7 Å². The minimum Gasteiger partial charge on any atom is -0.206 e. The van der Waals surface area contributed by atoms with Gasteiger partial charge in [0.05, 0.1) is 0 Å². The van der Waals surface area contributed by atoms with Crippen molar-refractivity contribution >= 4 is 0 Å². The van der Waals surface area contributed by atoms with E-state index in [0.717, 1.165) is 11.8 Å². The highest BCUT2D eigenvalue weighted by molar-refractivity contribution is 5.65. The fourth-order valence-electron chi connectivity index (χ4n) is 7.23. The van der Waals surface area contributed by atoms with E-state index in [2.05, 4.69) is 47.6 Å². The summed E-state index contributed by atoms with van der Waals surface area (Å²) < 4.78 is 0. The molecule has 0 heteroatoms. The molecule has 2 fully saturated rings. The summed E-state index contributed by atoms with van der Waals surface area (Å²) in [6, 6.07) is 2.69. The lowest BCUT2D eigenvalue weighted by atomic mass is 9.66. The van der Waals surface area contributed by atoms with Crippen LogP contribution in [0.3, 0.4) is 0 Å². The fraction of sp³-hybridized carbons (Fsp3) is 0.762. The van der Waals surface area contributed by atoms with E-state index in [1.807, 2.05) is 11.1 Å². The summed E-state index contributed by atoms with van der Waals surface area (Å²) in [6.45, 7) is 15.3. The Morgan fingerprint density at radius 1 is 0.905 bits per heavy atom. The third kappa shape index (κ3) is 0.974. The maximum Gasteiger partial charge on any atom is -0.0257 e. The lowest BCUT2D eigenvalue weighted by Gasteiger charge is -2.41. The second-order valence-corrected chi connectivity index (χ2v) is 10.1. The van der Waals surface area contributed by atoms with E-state index in [4.69, 9.17) is 0 Å². The molecule has 0 nitrogen and oxygen atoms in total. The van der Waals surface area contributed by atoms with Crippen molar-refractivity contribution in [3.05, 3.63) is 28.3 Å². The van der Waals surface area contributed by atoms with Gasteiger partial charge in [-0.15, -0.1) is 5.56 Å². The van der Waals surface area contributed by atoms with Gasteiger partial charge in [0.15, 0.2) is 0 Å². The molecule has 5 rings (SSSR count). The lowest BCUT2D eigenvalue weighted by Crippen LogP contribution is -2.33. The molecule has 4 aliphatic carbocycles. The van der Waals surface area contributed by atoms with Crippen molar-refractivity contribution in [3.8, 4) is 0 Å². The summed E-state index contributed by atoms with van der Waals surface area (Å²) in [7, 11) is 0. The molecular weight excluding hydrogens is 252 g/mol. The van der Waals surface area contributed by atoms with Gasteiger partial charge in [0, 0.05) is 0 Å². The van der Waals surface area contributed by atoms with Gasteiger partial charge in [0.25, 0.3) is 0 Å². The summed E-state index contributed by atoms with van der Waals surface area (Å²) in [4.78, 5) is 0. The van der Waals surface area contributed by atoms with Gasteiger partial charge in [0.2, 0.25) is 0 Å². The van der Waals surface area contributed by atoms with Crippen molar-refractivity contribution < 1.29 is 0 Å². The molecule has 0 heterocycles. The first-order chi connectivity index (χ1) is 9.66. The van der Waals surface area contributed by atoms with Crippen LogP contribution < -0.4 is 0 Å². The molecule has 4 atom stereocenters. The normalized spacial score (nSPS) is 47.0. The Morgan fingerprint density at radius 2 is 1.57 bits per heavy atom. The van der Waals surface area contributed by atoms with Crippen molar-refractivity contribution in [1.29, 1.82) is 0 Å². The average Bonchev–Trinajstić information content (AvgIpc) is 3.03. The number of hydrogen-bond donors (Lipinski definition) is 0. The summed E-state index contributed by atoms with van der Waals surface area (Å²) in [5, 5.41) is 0. The Labute approximate surface area is 129 Å². The van der Waals surface area contributed by atoms with Crippen LogP contribution in [-0.2, 0) is 10.8 Å². The molecule has 0 amide bonds. The zero-order valence-corrected chi connectivity index (χ0v) is 14.6. The quantitative estimate of drug-likeness (QED) is 0.531. The molecule has 0 N–H and O–H groups in total. The molecule has 1 aromatic rings. The summed E-state index contributed by atoms with van der Waals surface area (Å²) in [5.74, 6) is 1.67. The Bertz CT molecular complexity index is 614. The molecule has 0 radical (unpaired) electrons. The van der Waals surface area contributed by atoms with Gasteiger partial charge in [-0.25, -0.2) is 6.07 Å². The molecule has 2 saturated carbocycles. The van der Waals surface area contributed by atoms with E-state index in [-0.39, 0.29) is 0 Å². The molecule has 0 spiro atoms. The topological polar surface area (TPSA) is 0 Å². The van der Waals surface area contributed by atoms with Crippen LogP contribution in [0.15, 0.2) is 6.07 Å². The van der Waals surface area contributed by atoms with Gasteiger partial charge in [-0.05, 0) is 35.0 Å². The zero-order valence-electron chi connectivity index (χ0n) is 14.6. The molecule has 1 aromatic carbocycles. The molecule has 0 aliphatic heterocycles. The van der Waals surface area contributed by atoms with Gasteiger partial charge in [-0.1, -0.05) is 65.7 Å². The van der Waals surface area contributed by atoms with E-state index in [1.54, 1.807) is 11.1 Å². The smallest absolute Gasteiger partial charge is 0.0257 e. The second kappa shape index (κ2) is 3.03. The van der Waals surface area contributed by atoms with Gasteiger partial charge >= 0.3 is 0 Å². The lowest BCUT2D eigenvalue weighted by molar-refractivity contribution is 0.228. The highest BCUT2D eigenvalue weighted by Crippen LogP contribution is 2.76. The van der Waals surface area contributed by atoms with Crippen LogP contribution in [-0.4, -0.2) is 0 Å². The predicted molar refractivity (Wildman–Crippen MR) is 88.3 cm³/mol. The molecule has 4 aliphatic rings. The SMILES string of the molecule is CC12CCC(c3c1cc1[c-]3C3CCC1(C)C3(C)C)C2(C)C. The van der Waals surface area contributed by atoms with Gasteiger partial charge < -0.3 is 0 Å². The third-order valence-electron chi connectivity index (χ3n) is 9.50. The second-order valence-electron chi connectivity index (χ2n) is 10.1. The van der Waals surface area contributed by atoms with Gasteiger partial charge in [0.1, 0.15) is 0 Å². The zero-order chi connectivity index (χ0) is 15.0. The molecule has 0 saturated heterocycles. The Balaban J connectivity index is 1.82. The Morgan fingerprint density at radius 3 is 2.29 bits per heavy atom. The standard InChI is InChI=1S/C21H29/c1-18(2)12-7-9-20(18,5)14-11-15-17(16(12)14)13-8-10-21(15,6)19(13,3)4/h11-13H,7-10H2,1-6H3/q-1. The highest BCUT2D eigenvalue weighted by atomic mass is 14.7. The van der Waals surface area contributed by atoms with E-state index in [9.17, 15) is 0 Å². The van der Waals surface area contributed by atoms with Crippen LogP contribution in [0.25, 0.3) is 0 Å². The summed E-state index contributed by atoms with van der Waals surface area (Å²) >= 11 is 0. The van der Waals surface area contributed by atoms with Gasteiger partial charge in [-0.2, -0.15) is 16.7 Å². The predicted octanol–water partition coefficient (Wildman–Crippen LogP) is 5.76. The van der Waals surface area contributed by atoms with Crippen LogP contribution >= 0.6 is 0 Å². The molecule has 4 bridgehead atoms. The fourth-order valence-corrected chi connectivity index (χ4v) is 7.23. The van der Waals surface area contributed by atoms with E-state index >= 15 is 0 Å². The first kappa shape index (κ1) is 12.9. The third-order valence-corrected chi connectivity index (χ3v) is 9.50. The summed E-state index contributed by atoms with van der Waals surface area (Å²) in [5.41, 5.74) is 9.04. The Hall–Kier alpha value is -0.650. The van der Waals surface area contributed by atoms with Gasteiger partial charge in [-0.3, -0.25) is 0 Å². The minimum absolute atomic E-state index is 0.442. The molecule has 4 unspecified atom stereocenters. The van der Waals surface area contributed by atoms with Crippen molar-refractivity contribution in [2.75, 3.05) is 0 Å². The van der Waals surface area contributed by atoms with Crippen molar-refractivity contribution in [2.45, 2.75) is 89.9 Å². The van der Waals surface area contributed by atoms with Crippen molar-refractivity contribution in [3.63, 3.8) is 0 Å². The monoisotopic (exact) mass is 281 g/mol. The maximum absolute atomic E-state index is 2.69. The first-order valence-electron chi connectivity index (χ1n) is 9.01. The van der Waals surface area contributed by atoms with Crippen LogP contribution in [0.4, 0.5) is 0 Å². The minimum atomic E-state index is 0.442. The van der Waals surface area contributed by atoms with Crippen LogP contribution in [0, 0.1) is 10.8 Å². The van der Waals surface area contributed by atoms with Crippen LogP contribution in [0.5, 0.6) is 0 Å². The molecule has 21 heavy (non-hydrogen) atoms. The van der Waals surface area contributed by atoms with Crippen LogP contribution in [0.2, 0.25) is 0 Å². The van der Waals surface area contributed by atoms with Crippen molar-refractivity contribution in [1.82, 2.24) is 0 Å². The maximum atomic E-state index is 2.69. The van der Waals surface area contributed by atoms with E-state index < -0.39 is 0 Å². The number of hydrogen-bond acceptors (Lipinski definition) is 0. The first-order valence-corrected chi connectivity index (χ1v) is 9.01. The molecule has 114 valence electrons. The van der Waals surface area contributed by atoms with Crippen LogP contribution in [0.1, 0.15) is 101 Å². The molecular formula is C21H29-. The largest absolute Gasteiger partial charge is 0.206 e. The summed E-state index contributed by atoms with van der Waals surface area (Å²) in [6.07, 6.45) is 5.67. The van der Waals surface area contributed by atoms with Crippen molar-refractivity contribution in [2.24, 2.45) is 10.8 Å². The average molecular weight is 281 g/mol. The number of fused-ring (bicyclic) bond motifs is 11. The highest BCUT2D eigenvalue weighted by Gasteiger charge is 2.62. The number of rotatable bonds is 0. The molecule has 0 aromatic heterocycles.